The van der Waals surface area contributed by atoms with E-state index in [0.717, 1.165) is 14.5 Å². The van der Waals surface area contributed by atoms with Gasteiger partial charge in [-0.15, -0.1) is 0 Å². The van der Waals surface area contributed by atoms with Crippen molar-refractivity contribution in [1.82, 2.24) is 4.98 Å². The van der Waals surface area contributed by atoms with E-state index >= 15 is 0 Å². The number of hydrogen-bond acceptors (Lipinski definition) is 2. The third kappa shape index (κ3) is 3.37. The highest BCUT2D eigenvalue weighted by Crippen LogP contribution is 2.22. The predicted molar refractivity (Wildman–Crippen MR) is 76.7 cm³/mol. The maximum Gasteiger partial charge on any atom is 0.126 e. The molecule has 0 aliphatic carbocycles. The average Bonchev–Trinajstić information content (AvgIpc) is 2.34. The maximum absolute atomic E-state index is 13.6. The second-order valence-corrected chi connectivity index (χ2v) is 5.81. The summed E-state index contributed by atoms with van der Waals surface area (Å²) in [6, 6.07) is 6.48. The van der Waals surface area contributed by atoms with Crippen molar-refractivity contribution in [1.29, 1.82) is 0 Å². The molecule has 0 radical (unpaired) electrons. The Labute approximate surface area is 122 Å². The molecule has 5 heteroatoms. The first-order valence-electron chi connectivity index (χ1n) is 5.36. The fourth-order valence-corrected chi connectivity index (χ4v) is 2.48. The number of halogens is 3. The van der Waals surface area contributed by atoms with E-state index in [1.807, 2.05) is 6.07 Å². The van der Waals surface area contributed by atoms with Crippen LogP contribution in [0.3, 0.4) is 0 Å². The summed E-state index contributed by atoms with van der Waals surface area (Å²) >= 11 is 6.67. The highest BCUT2D eigenvalue weighted by atomic mass is 79.9. The summed E-state index contributed by atoms with van der Waals surface area (Å²) in [6.07, 6.45) is 3.82. The van der Waals surface area contributed by atoms with Crippen LogP contribution in [0.15, 0.2) is 45.6 Å². The van der Waals surface area contributed by atoms with E-state index in [1.165, 1.54) is 6.07 Å². The molecule has 0 bridgehead atoms. The number of nitrogens with two attached hydrogens (primary N) is 1. The van der Waals surface area contributed by atoms with Gasteiger partial charge in [0.2, 0.25) is 0 Å². The zero-order valence-corrected chi connectivity index (χ0v) is 12.6. The molecule has 94 valence electrons. The Morgan fingerprint density at radius 1 is 1.17 bits per heavy atom. The van der Waals surface area contributed by atoms with E-state index in [0.29, 0.717) is 12.0 Å². The van der Waals surface area contributed by atoms with Gasteiger partial charge in [0, 0.05) is 27.4 Å². The highest BCUT2D eigenvalue weighted by Gasteiger charge is 2.11. The molecule has 2 N–H and O–H groups in total. The molecule has 1 unspecified atom stereocenters. The molecule has 1 heterocycles. The summed E-state index contributed by atoms with van der Waals surface area (Å²) in [6.45, 7) is 0. The quantitative estimate of drug-likeness (QED) is 0.883. The Balaban J connectivity index is 2.21. The van der Waals surface area contributed by atoms with Crippen LogP contribution in [-0.4, -0.2) is 4.98 Å². The maximum atomic E-state index is 13.6. The molecular weight excluding hydrogens is 363 g/mol. The number of nitrogens with zero attached hydrogens (tertiary/aromatic N) is 1. The topological polar surface area (TPSA) is 38.9 Å². The molecule has 0 spiro atoms. The van der Waals surface area contributed by atoms with E-state index in [-0.39, 0.29) is 11.9 Å². The zero-order chi connectivity index (χ0) is 13.1. The SMILES string of the molecule is NC(Cc1cc(Br)ccc1F)c1cncc(Br)c1. The van der Waals surface area contributed by atoms with Gasteiger partial charge in [0.05, 0.1) is 0 Å². The van der Waals surface area contributed by atoms with Crippen molar-refractivity contribution in [3.8, 4) is 0 Å². The second-order valence-electron chi connectivity index (χ2n) is 3.98. The molecule has 2 rings (SSSR count). The third-order valence-corrected chi connectivity index (χ3v) is 3.53. The Bertz CT molecular complexity index is 560. The van der Waals surface area contributed by atoms with Crippen molar-refractivity contribution >= 4 is 31.9 Å². The third-order valence-electron chi connectivity index (χ3n) is 2.60. The van der Waals surface area contributed by atoms with Crippen molar-refractivity contribution < 1.29 is 4.39 Å². The number of rotatable bonds is 3. The van der Waals surface area contributed by atoms with Crippen molar-refractivity contribution in [3.63, 3.8) is 0 Å². The van der Waals surface area contributed by atoms with Gasteiger partial charge in [-0.25, -0.2) is 4.39 Å². The van der Waals surface area contributed by atoms with E-state index < -0.39 is 0 Å². The Kier molecular flexibility index (Phi) is 4.48. The van der Waals surface area contributed by atoms with Crippen LogP contribution in [0.1, 0.15) is 17.2 Å². The van der Waals surface area contributed by atoms with Crippen molar-refractivity contribution in [3.05, 3.63) is 62.5 Å². The van der Waals surface area contributed by atoms with Gasteiger partial charge in [0.25, 0.3) is 0 Å². The van der Waals surface area contributed by atoms with Crippen LogP contribution in [0.4, 0.5) is 4.39 Å². The summed E-state index contributed by atoms with van der Waals surface area (Å²) in [5.41, 5.74) is 7.54. The smallest absolute Gasteiger partial charge is 0.126 e. The van der Waals surface area contributed by atoms with Gasteiger partial charge in [-0.2, -0.15) is 0 Å². The first kappa shape index (κ1) is 13.6. The fraction of sp³-hybridized carbons (Fsp3) is 0.154. The molecule has 0 amide bonds. The first-order valence-corrected chi connectivity index (χ1v) is 6.95. The molecule has 0 aliphatic heterocycles. The van der Waals surface area contributed by atoms with Crippen LogP contribution in [0.2, 0.25) is 0 Å². The van der Waals surface area contributed by atoms with Gasteiger partial charge < -0.3 is 5.73 Å². The van der Waals surface area contributed by atoms with Crippen LogP contribution >= 0.6 is 31.9 Å². The van der Waals surface area contributed by atoms with Gasteiger partial charge in [-0.05, 0) is 57.7 Å². The van der Waals surface area contributed by atoms with Crippen LogP contribution in [0.25, 0.3) is 0 Å². The molecule has 2 aromatic rings. The summed E-state index contributed by atoms with van der Waals surface area (Å²) in [5.74, 6) is -0.239. The molecule has 18 heavy (non-hydrogen) atoms. The Morgan fingerprint density at radius 2 is 1.94 bits per heavy atom. The lowest BCUT2D eigenvalue weighted by Crippen LogP contribution is -2.14. The standard InChI is InChI=1S/C13H11Br2FN2/c14-10-1-2-12(16)8(3-10)5-13(17)9-4-11(15)7-18-6-9/h1-4,6-7,13H,5,17H2. The van der Waals surface area contributed by atoms with E-state index in [4.69, 9.17) is 5.73 Å². The second kappa shape index (κ2) is 5.91. The molecule has 1 aromatic carbocycles. The van der Waals surface area contributed by atoms with Crippen molar-refractivity contribution in [2.24, 2.45) is 5.73 Å². The van der Waals surface area contributed by atoms with Crippen LogP contribution in [-0.2, 0) is 6.42 Å². The average molecular weight is 374 g/mol. The minimum atomic E-state index is -0.279. The highest BCUT2D eigenvalue weighted by molar-refractivity contribution is 9.10. The lowest BCUT2D eigenvalue weighted by Gasteiger charge is -2.13. The minimum absolute atomic E-state index is 0.239. The summed E-state index contributed by atoms with van der Waals surface area (Å²) < 4.78 is 15.3. The number of pyridine rings is 1. The van der Waals surface area contributed by atoms with E-state index in [2.05, 4.69) is 36.8 Å². The minimum Gasteiger partial charge on any atom is -0.324 e. The van der Waals surface area contributed by atoms with Crippen LogP contribution in [0.5, 0.6) is 0 Å². The van der Waals surface area contributed by atoms with E-state index in [9.17, 15) is 4.39 Å². The molecule has 0 saturated carbocycles. The van der Waals surface area contributed by atoms with Crippen molar-refractivity contribution in [2.75, 3.05) is 0 Å². The Morgan fingerprint density at radius 3 is 2.67 bits per heavy atom. The molecule has 0 aliphatic rings. The van der Waals surface area contributed by atoms with Gasteiger partial charge in [0.15, 0.2) is 0 Å². The fourth-order valence-electron chi connectivity index (χ4n) is 1.69. The molecule has 1 atom stereocenters. The monoisotopic (exact) mass is 372 g/mol. The normalized spacial score (nSPS) is 12.4. The van der Waals surface area contributed by atoms with Crippen LogP contribution < -0.4 is 5.73 Å². The summed E-state index contributed by atoms with van der Waals surface area (Å²) in [5, 5.41) is 0. The predicted octanol–water partition coefficient (Wildman–Crippen LogP) is 3.99. The molecule has 1 aromatic heterocycles. The molecular formula is C13H11Br2FN2. The zero-order valence-electron chi connectivity index (χ0n) is 9.41. The Hall–Kier alpha value is -0.780. The number of hydrogen-bond donors (Lipinski definition) is 1. The largest absolute Gasteiger partial charge is 0.324 e. The number of aromatic nitrogens is 1. The van der Waals surface area contributed by atoms with Gasteiger partial charge in [-0.1, -0.05) is 15.9 Å². The van der Waals surface area contributed by atoms with Gasteiger partial charge in [-0.3, -0.25) is 4.98 Å². The summed E-state index contributed by atoms with van der Waals surface area (Å²) in [7, 11) is 0. The van der Waals surface area contributed by atoms with Gasteiger partial charge in [0.1, 0.15) is 5.82 Å². The first-order chi connectivity index (χ1) is 8.56. The summed E-state index contributed by atoms with van der Waals surface area (Å²) in [4.78, 5) is 4.06. The molecule has 2 nitrogen and oxygen atoms in total. The lowest BCUT2D eigenvalue weighted by atomic mass is 10.0. The van der Waals surface area contributed by atoms with E-state index in [1.54, 1.807) is 24.5 Å². The van der Waals surface area contributed by atoms with Crippen molar-refractivity contribution in [2.45, 2.75) is 12.5 Å². The lowest BCUT2D eigenvalue weighted by molar-refractivity contribution is 0.592. The molecule has 0 fully saturated rings. The number of benzene rings is 1. The van der Waals surface area contributed by atoms with Gasteiger partial charge >= 0.3 is 0 Å². The van der Waals surface area contributed by atoms with Crippen LogP contribution in [0, 0.1) is 5.82 Å². The molecule has 0 saturated heterocycles.